The maximum absolute atomic E-state index is 12.9. The van der Waals surface area contributed by atoms with Crippen molar-refractivity contribution in [3.63, 3.8) is 0 Å². The van der Waals surface area contributed by atoms with Crippen molar-refractivity contribution in [1.82, 2.24) is 20.4 Å². The molecule has 1 atom stereocenters. The van der Waals surface area contributed by atoms with Crippen LogP contribution >= 0.6 is 11.3 Å². The van der Waals surface area contributed by atoms with Crippen LogP contribution in [0.15, 0.2) is 40.7 Å². The summed E-state index contributed by atoms with van der Waals surface area (Å²) in [6.07, 6.45) is 6.87. The summed E-state index contributed by atoms with van der Waals surface area (Å²) < 4.78 is 1.25. The van der Waals surface area contributed by atoms with E-state index in [1.54, 1.807) is 11.3 Å². The van der Waals surface area contributed by atoms with Crippen LogP contribution in [0.2, 0.25) is 0 Å². The fraction of sp³-hybridized carbons (Fsp3) is 0.481. The monoisotopic (exact) mass is 521 g/mol. The number of likely N-dealkylation sites (tertiary alicyclic amines) is 1. The van der Waals surface area contributed by atoms with Gasteiger partial charge in [0.15, 0.2) is 5.96 Å². The quantitative estimate of drug-likeness (QED) is 0.279. The summed E-state index contributed by atoms with van der Waals surface area (Å²) in [5.74, 6) is 0.00656. The Balaban J connectivity index is 1.14. The third-order valence-corrected chi connectivity index (χ3v) is 8.67. The van der Waals surface area contributed by atoms with Gasteiger partial charge in [-0.25, -0.2) is 4.99 Å². The van der Waals surface area contributed by atoms with Crippen LogP contribution in [0, 0.1) is 5.92 Å². The largest absolute Gasteiger partial charge is 0.370 e. The average molecular weight is 522 g/mol. The summed E-state index contributed by atoms with van der Waals surface area (Å²) in [7, 11) is 0. The molecule has 9 nitrogen and oxygen atoms in total. The smallest absolute Gasteiger partial charge is 0.245 e. The molecule has 196 valence electrons. The lowest BCUT2D eigenvalue weighted by Crippen LogP contribution is -2.47. The number of benzene rings is 1. The summed E-state index contributed by atoms with van der Waals surface area (Å²) in [4.78, 5) is 31.8. The molecule has 0 bridgehead atoms. The van der Waals surface area contributed by atoms with E-state index < -0.39 is 6.04 Å². The van der Waals surface area contributed by atoms with Gasteiger partial charge in [0.25, 0.3) is 0 Å². The Labute approximate surface area is 220 Å². The van der Waals surface area contributed by atoms with Crippen molar-refractivity contribution < 1.29 is 9.59 Å². The van der Waals surface area contributed by atoms with Crippen LogP contribution in [-0.4, -0.2) is 58.5 Å². The predicted octanol–water partition coefficient (Wildman–Crippen LogP) is 3.34. The van der Waals surface area contributed by atoms with Crippen LogP contribution < -0.4 is 16.8 Å². The van der Waals surface area contributed by atoms with Gasteiger partial charge in [-0.2, -0.15) is 5.10 Å². The van der Waals surface area contributed by atoms with Crippen molar-refractivity contribution in [3.05, 3.63) is 41.4 Å². The number of nitrogens with zero attached hydrogens (tertiary/aromatic N) is 3. The number of thiophene rings is 1. The zero-order valence-corrected chi connectivity index (χ0v) is 21.8. The number of carbonyl (C=O) groups is 2. The number of aromatic amines is 1. The Morgan fingerprint density at radius 1 is 1.14 bits per heavy atom. The van der Waals surface area contributed by atoms with Gasteiger partial charge >= 0.3 is 0 Å². The van der Waals surface area contributed by atoms with E-state index in [9.17, 15) is 9.59 Å². The Hall–Kier alpha value is -3.40. The molecule has 10 heteroatoms. The van der Waals surface area contributed by atoms with Crippen LogP contribution in [0.3, 0.4) is 0 Å². The third-order valence-electron chi connectivity index (χ3n) is 7.71. The highest BCUT2D eigenvalue weighted by Gasteiger charge is 2.31. The number of fused-ring (bicyclic) bond motifs is 1. The summed E-state index contributed by atoms with van der Waals surface area (Å²) in [5.41, 5.74) is 14.4. The van der Waals surface area contributed by atoms with Gasteiger partial charge in [-0.15, -0.1) is 11.3 Å². The summed E-state index contributed by atoms with van der Waals surface area (Å²) in [6.45, 7) is 1.26. The van der Waals surface area contributed by atoms with Gasteiger partial charge in [0.1, 0.15) is 6.04 Å². The lowest BCUT2D eigenvalue weighted by Gasteiger charge is -2.32. The van der Waals surface area contributed by atoms with E-state index in [1.165, 1.54) is 16.5 Å². The minimum Gasteiger partial charge on any atom is -0.370 e. The van der Waals surface area contributed by atoms with Crippen molar-refractivity contribution >= 4 is 39.2 Å². The van der Waals surface area contributed by atoms with Crippen molar-refractivity contribution in [2.45, 2.75) is 56.9 Å². The number of hydrogen-bond donors (Lipinski definition) is 4. The number of nitrogens with two attached hydrogens (primary N) is 2. The Morgan fingerprint density at radius 2 is 1.89 bits per heavy atom. The van der Waals surface area contributed by atoms with E-state index >= 15 is 0 Å². The average Bonchev–Trinajstić information content (AvgIpc) is 3.58. The molecule has 5 rings (SSSR count). The minimum atomic E-state index is -0.626. The van der Waals surface area contributed by atoms with Crippen LogP contribution in [-0.2, 0) is 9.59 Å². The minimum absolute atomic E-state index is 0.0356. The molecule has 3 aromatic rings. The molecule has 1 saturated carbocycles. The molecule has 1 saturated heterocycles. The van der Waals surface area contributed by atoms with Crippen molar-refractivity contribution in [2.75, 3.05) is 19.6 Å². The summed E-state index contributed by atoms with van der Waals surface area (Å²) in [6, 6.07) is 9.89. The van der Waals surface area contributed by atoms with Crippen LogP contribution in [0.25, 0.3) is 21.3 Å². The zero-order valence-electron chi connectivity index (χ0n) is 21.0. The van der Waals surface area contributed by atoms with E-state index in [0.29, 0.717) is 19.0 Å². The first-order valence-electron chi connectivity index (χ1n) is 13.2. The van der Waals surface area contributed by atoms with Gasteiger partial charge in [0, 0.05) is 45.7 Å². The Morgan fingerprint density at radius 3 is 2.65 bits per heavy atom. The van der Waals surface area contributed by atoms with E-state index in [-0.39, 0.29) is 30.2 Å². The van der Waals surface area contributed by atoms with Gasteiger partial charge in [0.05, 0.1) is 12.2 Å². The third kappa shape index (κ3) is 5.79. The number of aromatic nitrogens is 2. The molecule has 0 spiro atoms. The number of guanidine groups is 1. The van der Waals surface area contributed by atoms with E-state index in [1.807, 2.05) is 4.90 Å². The number of aliphatic imine (C=N–C) groups is 1. The second-order valence-electron chi connectivity index (χ2n) is 10.1. The molecule has 6 N–H and O–H groups in total. The fourth-order valence-corrected chi connectivity index (χ4v) is 6.62. The van der Waals surface area contributed by atoms with Gasteiger partial charge in [-0.3, -0.25) is 14.7 Å². The molecule has 1 aromatic carbocycles. The first-order chi connectivity index (χ1) is 18.0. The molecular weight excluding hydrogens is 486 g/mol. The fourth-order valence-electron chi connectivity index (χ4n) is 5.67. The van der Waals surface area contributed by atoms with Crippen LogP contribution in [0.5, 0.6) is 0 Å². The molecule has 1 aliphatic heterocycles. The normalized spacial score (nSPS) is 18.0. The first-order valence-corrected chi connectivity index (χ1v) is 14.0. The molecule has 37 heavy (non-hydrogen) atoms. The highest BCUT2D eigenvalue weighted by atomic mass is 32.1. The lowest BCUT2D eigenvalue weighted by atomic mass is 9.83. The number of rotatable bonds is 7. The van der Waals surface area contributed by atoms with Gasteiger partial charge in [0.2, 0.25) is 11.8 Å². The number of hydrogen-bond acceptors (Lipinski definition) is 5. The molecular formula is C27H35N7O2S. The standard InChI is InChI=1S/C27H35N7O2S/c28-27(29)31-25(18-6-2-1-3-7-18)26(36)30-15-24(35)34-12-10-17(11-13-34)21-14-22(33-32-21)20-16-37-23-9-5-4-8-19(20)23/h4-5,8-9,14,16-18,25H,1-3,6-7,10-13,15H2,(H,30,36)(H,32,33)(H4,28,29,31)/t25-/m1/s1. The topological polar surface area (TPSA) is 142 Å². The highest BCUT2D eigenvalue weighted by Crippen LogP contribution is 2.35. The highest BCUT2D eigenvalue weighted by molar-refractivity contribution is 7.17. The van der Waals surface area contributed by atoms with Crippen molar-refractivity contribution in [3.8, 4) is 11.3 Å². The van der Waals surface area contributed by atoms with Crippen LogP contribution in [0.1, 0.15) is 56.6 Å². The SMILES string of the molecule is NC(N)=N[C@@H](C(=O)NCC(=O)N1CCC(c2cc(-c3csc4ccccc34)n[nH]2)CC1)C1CCCCC1. The number of nitrogens with one attached hydrogen (secondary N) is 2. The molecule has 0 unspecified atom stereocenters. The van der Waals surface area contributed by atoms with Gasteiger partial charge in [-0.05, 0) is 43.7 Å². The maximum Gasteiger partial charge on any atom is 0.245 e. The lowest BCUT2D eigenvalue weighted by molar-refractivity contribution is -0.134. The number of carbonyl (C=O) groups excluding carboxylic acids is 2. The van der Waals surface area contributed by atoms with E-state index in [4.69, 9.17) is 11.5 Å². The molecule has 2 amide bonds. The van der Waals surface area contributed by atoms with Crippen molar-refractivity contribution in [2.24, 2.45) is 22.4 Å². The molecule has 2 aromatic heterocycles. The Kier molecular flexibility index (Phi) is 7.73. The van der Waals surface area contributed by atoms with Crippen molar-refractivity contribution in [1.29, 1.82) is 0 Å². The molecule has 2 aliphatic rings. The molecule has 1 aliphatic carbocycles. The molecule has 0 radical (unpaired) electrons. The second kappa shape index (κ2) is 11.3. The number of H-pyrrole nitrogens is 1. The maximum atomic E-state index is 12.9. The van der Waals surface area contributed by atoms with E-state index in [2.05, 4.69) is 56.2 Å². The van der Waals surface area contributed by atoms with E-state index in [0.717, 1.165) is 55.5 Å². The summed E-state index contributed by atoms with van der Waals surface area (Å²) >= 11 is 1.73. The van der Waals surface area contributed by atoms with Gasteiger partial charge in [-0.1, -0.05) is 37.5 Å². The molecule has 2 fully saturated rings. The van der Waals surface area contributed by atoms with Crippen LogP contribution in [0.4, 0.5) is 0 Å². The van der Waals surface area contributed by atoms with Gasteiger partial charge < -0.3 is 21.7 Å². The summed E-state index contributed by atoms with van der Waals surface area (Å²) in [5, 5.41) is 14.0. The zero-order chi connectivity index (χ0) is 25.8. The Bertz CT molecular complexity index is 1260. The number of piperidine rings is 1. The number of amides is 2. The second-order valence-corrected chi connectivity index (χ2v) is 11.0. The molecule has 3 heterocycles. The predicted molar refractivity (Wildman–Crippen MR) is 147 cm³/mol. The first kappa shape index (κ1) is 25.3.